The van der Waals surface area contributed by atoms with Crippen LogP contribution in [0.2, 0.25) is 0 Å². The SMILES string of the molecule is CCC(C)NCc1nc(C(C)(C)c2ccc(F)cc2)no1. The molecule has 1 aromatic heterocycles. The van der Waals surface area contributed by atoms with Crippen LogP contribution in [0.3, 0.4) is 0 Å². The van der Waals surface area contributed by atoms with Crippen molar-refractivity contribution in [2.75, 3.05) is 0 Å². The standard InChI is InChI=1S/C16H22FN3O/c1-5-11(2)18-10-14-19-15(20-21-14)16(3,4)12-6-8-13(17)9-7-12/h6-9,11,18H,5,10H2,1-4H3. The molecule has 1 N–H and O–H groups in total. The summed E-state index contributed by atoms with van der Waals surface area (Å²) in [6, 6.07) is 6.81. The van der Waals surface area contributed by atoms with Gasteiger partial charge in [0.25, 0.3) is 0 Å². The summed E-state index contributed by atoms with van der Waals surface area (Å²) in [6.45, 7) is 8.78. The van der Waals surface area contributed by atoms with Crippen LogP contribution >= 0.6 is 0 Å². The van der Waals surface area contributed by atoms with Crippen LogP contribution < -0.4 is 5.32 Å². The highest BCUT2D eigenvalue weighted by Crippen LogP contribution is 2.29. The maximum absolute atomic E-state index is 13.0. The molecule has 5 heteroatoms. The van der Waals surface area contributed by atoms with E-state index in [1.165, 1.54) is 12.1 Å². The van der Waals surface area contributed by atoms with Crippen molar-refractivity contribution in [3.8, 4) is 0 Å². The van der Waals surface area contributed by atoms with Gasteiger partial charge in [-0.2, -0.15) is 4.98 Å². The van der Waals surface area contributed by atoms with E-state index in [0.29, 0.717) is 24.3 Å². The first-order valence-corrected chi connectivity index (χ1v) is 7.26. The number of nitrogens with one attached hydrogen (secondary N) is 1. The van der Waals surface area contributed by atoms with Gasteiger partial charge < -0.3 is 9.84 Å². The Hall–Kier alpha value is -1.75. The summed E-state index contributed by atoms with van der Waals surface area (Å²) in [7, 11) is 0. The van der Waals surface area contributed by atoms with Gasteiger partial charge in [0.05, 0.1) is 12.0 Å². The molecule has 2 rings (SSSR count). The number of rotatable bonds is 6. The topological polar surface area (TPSA) is 51.0 Å². The summed E-state index contributed by atoms with van der Waals surface area (Å²) < 4.78 is 18.3. The van der Waals surface area contributed by atoms with E-state index in [4.69, 9.17) is 4.52 Å². The van der Waals surface area contributed by atoms with Crippen molar-refractivity contribution >= 4 is 0 Å². The Balaban J connectivity index is 2.13. The van der Waals surface area contributed by atoms with E-state index < -0.39 is 5.41 Å². The molecule has 0 spiro atoms. The molecule has 0 fully saturated rings. The molecular weight excluding hydrogens is 269 g/mol. The Kier molecular flexibility index (Phi) is 4.73. The normalized spacial score (nSPS) is 13.4. The molecule has 0 saturated carbocycles. The zero-order valence-electron chi connectivity index (χ0n) is 13.0. The lowest BCUT2D eigenvalue weighted by Crippen LogP contribution is -2.25. The smallest absolute Gasteiger partial charge is 0.240 e. The lowest BCUT2D eigenvalue weighted by molar-refractivity contribution is 0.349. The van der Waals surface area contributed by atoms with Crippen LogP contribution in [0, 0.1) is 5.82 Å². The van der Waals surface area contributed by atoms with Gasteiger partial charge in [-0.25, -0.2) is 4.39 Å². The van der Waals surface area contributed by atoms with Crippen LogP contribution in [-0.2, 0) is 12.0 Å². The van der Waals surface area contributed by atoms with Crippen molar-refractivity contribution in [3.05, 3.63) is 47.4 Å². The third kappa shape index (κ3) is 3.67. The van der Waals surface area contributed by atoms with Gasteiger partial charge in [-0.05, 0) is 44.9 Å². The molecule has 1 unspecified atom stereocenters. The number of benzene rings is 1. The summed E-state index contributed by atoms with van der Waals surface area (Å²) in [5.74, 6) is 0.927. The van der Waals surface area contributed by atoms with E-state index in [-0.39, 0.29) is 5.82 Å². The van der Waals surface area contributed by atoms with Crippen LogP contribution in [-0.4, -0.2) is 16.2 Å². The molecule has 0 aliphatic heterocycles. The Morgan fingerprint density at radius 1 is 1.29 bits per heavy atom. The first-order chi connectivity index (χ1) is 9.93. The van der Waals surface area contributed by atoms with E-state index in [1.54, 1.807) is 12.1 Å². The highest BCUT2D eigenvalue weighted by Gasteiger charge is 2.29. The minimum absolute atomic E-state index is 0.249. The zero-order valence-corrected chi connectivity index (χ0v) is 13.0. The highest BCUT2D eigenvalue weighted by atomic mass is 19.1. The Bertz CT molecular complexity index is 577. The molecule has 1 atom stereocenters. The van der Waals surface area contributed by atoms with E-state index in [1.807, 2.05) is 13.8 Å². The third-order valence-electron chi connectivity index (χ3n) is 3.81. The first kappa shape index (κ1) is 15.6. The molecule has 1 heterocycles. The van der Waals surface area contributed by atoms with Crippen LogP contribution in [0.5, 0.6) is 0 Å². The maximum Gasteiger partial charge on any atom is 0.240 e. The fourth-order valence-electron chi connectivity index (χ4n) is 1.98. The van der Waals surface area contributed by atoms with E-state index in [0.717, 1.165) is 12.0 Å². The van der Waals surface area contributed by atoms with Crippen molar-refractivity contribution in [1.29, 1.82) is 0 Å². The van der Waals surface area contributed by atoms with Gasteiger partial charge in [0.1, 0.15) is 5.82 Å². The quantitative estimate of drug-likeness (QED) is 0.886. The van der Waals surface area contributed by atoms with Gasteiger partial charge in [0.2, 0.25) is 5.89 Å². The molecule has 0 radical (unpaired) electrons. The molecule has 1 aromatic carbocycles. The molecule has 4 nitrogen and oxygen atoms in total. The summed E-state index contributed by atoms with van der Waals surface area (Å²) in [5, 5.41) is 7.39. The minimum atomic E-state index is -0.425. The Morgan fingerprint density at radius 3 is 2.57 bits per heavy atom. The number of halogens is 1. The molecule has 114 valence electrons. The maximum atomic E-state index is 13.0. The molecule has 0 saturated heterocycles. The summed E-state index contributed by atoms with van der Waals surface area (Å²) in [5.41, 5.74) is 0.525. The van der Waals surface area contributed by atoms with Crippen LogP contribution in [0.4, 0.5) is 4.39 Å². The zero-order chi connectivity index (χ0) is 15.5. The average Bonchev–Trinajstić information content (AvgIpc) is 2.95. The van der Waals surface area contributed by atoms with Gasteiger partial charge in [-0.3, -0.25) is 0 Å². The number of nitrogens with zero attached hydrogens (tertiary/aromatic N) is 2. The molecule has 2 aromatic rings. The van der Waals surface area contributed by atoms with Gasteiger partial charge in [0.15, 0.2) is 5.82 Å². The van der Waals surface area contributed by atoms with Crippen molar-refractivity contribution in [2.45, 2.75) is 52.1 Å². The van der Waals surface area contributed by atoms with Crippen LogP contribution in [0.1, 0.15) is 51.4 Å². The lowest BCUT2D eigenvalue weighted by Gasteiger charge is -2.20. The molecule has 0 amide bonds. The van der Waals surface area contributed by atoms with Gasteiger partial charge in [-0.15, -0.1) is 0 Å². The fraction of sp³-hybridized carbons (Fsp3) is 0.500. The van der Waals surface area contributed by atoms with Crippen LogP contribution in [0.15, 0.2) is 28.8 Å². The van der Waals surface area contributed by atoms with Crippen molar-refractivity contribution in [3.63, 3.8) is 0 Å². The second kappa shape index (κ2) is 6.35. The Labute approximate surface area is 124 Å². The number of hydrogen-bond donors (Lipinski definition) is 1. The van der Waals surface area contributed by atoms with Crippen LogP contribution in [0.25, 0.3) is 0 Å². The molecule has 0 aliphatic rings. The summed E-state index contributed by atoms with van der Waals surface area (Å²) in [4.78, 5) is 4.45. The predicted octanol–water partition coefficient (Wildman–Crippen LogP) is 3.42. The molecular formula is C16H22FN3O. The van der Waals surface area contributed by atoms with Crippen molar-refractivity contribution in [2.24, 2.45) is 0 Å². The summed E-state index contributed by atoms with van der Waals surface area (Å²) in [6.07, 6.45) is 1.04. The first-order valence-electron chi connectivity index (χ1n) is 7.26. The summed E-state index contributed by atoms with van der Waals surface area (Å²) >= 11 is 0. The molecule has 21 heavy (non-hydrogen) atoms. The lowest BCUT2D eigenvalue weighted by atomic mass is 9.84. The minimum Gasteiger partial charge on any atom is -0.338 e. The van der Waals surface area contributed by atoms with E-state index >= 15 is 0 Å². The third-order valence-corrected chi connectivity index (χ3v) is 3.81. The second-order valence-corrected chi connectivity index (χ2v) is 5.83. The van der Waals surface area contributed by atoms with E-state index in [9.17, 15) is 4.39 Å². The van der Waals surface area contributed by atoms with Gasteiger partial charge >= 0.3 is 0 Å². The molecule has 0 aliphatic carbocycles. The van der Waals surface area contributed by atoms with E-state index in [2.05, 4.69) is 29.3 Å². The predicted molar refractivity (Wildman–Crippen MR) is 79.4 cm³/mol. The second-order valence-electron chi connectivity index (χ2n) is 5.83. The number of hydrogen-bond acceptors (Lipinski definition) is 4. The van der Waals surface area contributed by atoms with Gasteiger partial charge in [0, 0.05) is 6.04 Å². The molecule has 0 bridgehead atoms. The largest absolute Gasteiger partial charge is 0.338 e. The average molecular weight is 291 g/mol. The highest BCUT2D eigenvalue weighted by molar-refractivity contribution is 5.30. The van der Waals surface area contributed by atoms with Crippen molar-refractivity contribution < 1.29 is 8.91 Å². The number of aromatic nitrogens is 2. The Morgan fingerprint density at radius 2 is 1.95 bits per heavy atom. The fourth-order valence-corrected chi connectivity index (χ4v) is 1.98. The van der Waals surface area contributed by atoms with Crippen molar-refractivity contribution in [1.82, 2.24) is 15.5 Å². The van der Waals surface area contributed by atoms with Gasteiger partial charge in [-0.1, -0.05) is 24.2 Å². The monoisotopic (exact) mass is 291 g/mol.